The van der Waals surface area contributed by atoms with Gasteiger partial charge < -0.3 is 25.0 Å². The van der Waals surface area contributed by atoms with E-state index in [1.165, 1.54) is 16.4 Å². The summed E-state index contributed by atoms with van der Waals surface area (Å²) in [6.45, 7) is 4.20. The number of fused-ring (bicyclic) bond motifs is 1. The van der Waals surface area contributed by atoms with Gasteiger partial charge in [-0.1, -0.05) is 36.4 Å². The van der Waals surface area contributed by atoms with Gasteiger partial charge in [0.15, 0.2) is 0 Å². The Morgan fingerprint density at radius 2 is 1.73 bits per heavy atom. The molecule has 240 valence electrons. The van der Waals surface area contributed by atoms with Crippen molar-refractivity contribution in [3.05, 3.63) is 66.7 Å². The van der Waals surface area contributed by atoms with Gasteiger partial charge in [-0.15, -0.1) is 0 Å². The summed E-state index contributed by atoms with van der Waals surface area (Å²) in [7, 11) is -7.49. The summed E-state index contributed by atoms with van der Waals surface area (Å²) in [6.07, 6.45) is 1.04. The van der Waals surface area contributed by atoms with E-state index in [0.717, 1.165) is 10.8 Å². The van der Waals surface area contributed by atoms with Crippen LogP contribution in [0.1, 0.15) is 33.1 Å². The van der Waals surface area contributed by atoms with E-state index >= 15 is 0 Å². The largest absolute Gasteiger partial charge is 0.491 e. The van der Waals surface area contributed by atoms with Crippen molar-refractivity contribution in [3.63, 3.8) is 0 Å². The van der Waals surface area contributed by atoms with Crippen LogP contribution in [-0.2, 0) is 24.8 Å². The van der Waals surface area contributed by atoms with Crippen LogP contribution in [0.4, 0.5) is 0 Å². The standard InChI is InChI=1S/C31H41N3O8S2/c1-30(2,22-35)33-43(37,38)28-9-5-8-27(17-28)41-21-26(36)19-32-25-18-31(42-20-25)12-14-34(15-13-31)44(39,40)29-11-10-23-6-3-4-7-24(23)16-29/h3-11,16-17,25-26,32-33,35-36H,12-15,18-22H2,1-2H3. The zero-order valence-corrected chi connectivity index (χ0v) is 26.6. The molecule has 0 bridgehead atoms. The molecular formula is C31H41N3O8S2. The lowest BCUT2D eigenvalue weighted by molar-refractivity contribution is -0.0312. The van der Waals surface area contributed by atoms with Gasteiger partial charge in [0.05, 0.1) is 34.1 Å². The SMILES string of the molecule is CC(C)(CO)NS(=O)(=O)c1cccc(OCC(O)CNC2COC3(CCN(S(=O)(=O)c4ccc5ccccc5c4)CC3)C2)c1. The minimum Gasteiger partial charge on any atom is -0.491 e. The molecule has 2 aliphatic rings. The molecule has 2 fully saturated rings. The van der Waals surface area contributed by atoms with E-state index in [1.54, 1.807) is 38.1 Å². The van der Waals surface area contributed by atoms with E-state index in [2.05, 4.69) is 10.0 Å². The molecule has 2 heterocycles. The molecule has 3 aromatic rings. The minimum absolute atomic E-state index is 0.00252. The van der Waals surface area contributed by atoms with Crippen molar-refractivity contribution in [1.82, 2.24) is 14.3 Å². The fourth-order valence-corrected chi connectivity index (χ4v) is 8.59. The number of benzene rings is 3. The Labute approximate surface area is 259 Å². The average Bonchev–Trinajstić information content (AvgIpc) is 3.40. The fourth-order valence-electron chi connectivity index (χ4n) is 5.67. The Morgan fingerprint density at radius 1 is 1.00 bits per heavy atom. The molecule has 5 rings (SSSR count). The maximum Gasteiger partial charge on any atom is 0.243 e. The number of ether oxygens (including phenoxy) is 2. The molecule has 44 heavy (non-hydrogen) atoms. The van der Waals surface area contributed by atoms with Gasteiger partial charge in [-0.25, -0.2) is 21.6 Å². The van der Waals surface area contributed by atoms with E-state index in [0.29, 0.717) is 49.6 Å². The highest BCUT2D eigenvalue weighted by Crippen LogP contribution is 2.37. The second-order valence-corrected chi connectivity index (χ2v) is 15.9. The van der Waals surface area contributed by atoms with Gasteiger partial charge in [0.2, 0.25) is 20.0 Å². The Bertz CT molecular complexity index is 1670. The van der Waals surface area contributed by atoms with Crippen LogP contribution in [-0.4, -0.2) is 94.1 Å². The molecule has 2 aliphatic heterocycles. The maximum absolute atomic E-state index is 13.4. The van der Waals surface area contributed by atoms with E-state index in [1.807, 2.05) is 30.3 Å². The number of hydrogen-bond acceptors (Lipinski definition) is 9. The Morgan fingerprint density at radius 3 is 2.45 bits per heavy atom. The van der Waals surface area contributed by atoms with Crippen molar-refractivity contribution in [2.45, 2.75) is 66.2 Å². The van der Waals surface area contributed by atoms with Gasteiger partial charge >= 0.3 is 0 Å². The monoisotopic (exact) mass is 647 g/mol. The maximum atomic E-state index is 13.4. The second kappa shape index (κ2) is 13.0. The quantitative estimate of drug-likeness (QED) is 0.232. The molecule has 0 aromatic heterocycles. The molecule has 2 unspecified atom stereocenters. The number of aliphatic hydroxyl groups excluding tert-OH is 2. The van der Waals surface area contributed by atoms with Crippen LogP contribution in [0.15, 0.2) is 76.5 Å². The van der Waals surface area contributed by atoms with Gasteiger partial charge in [-0.2, -0.15) is 4.31 Å². The zero-order chi connectivity index (χ0) is 31.6. The van der Waals surface area contributed by atoms with Crippen molar-refractivity contribution < 1.29 is 36.5 Å². The van der Waals surface area contributed by atoms with Crippen LogP contribution >= 0.6 is 0 Å². The highest BCUT2D eigenvalue weighted by molar-refractivity contribution is 7.89. The van der Waals surface area contributed by atoms with Gasteiger partial charge in [-0.3, -0.25) is 0 Å². The first-order valence-corrected chi connectivity index (χ1v) is 17.7. The molecule has 0 aliphatic carbocycles. The van der Waals surface area contributed by atoms with Crippen LogP contribution in [0.25, 0.3) is 10.8 Å². The van der Waals surface area contributed by atoms with Crippen molar-refractivity contribution >= 4 is 30.8 Å². The molecular weight excluding hydrogens is 606 g/mol. The molecule has 1 spiro atoms. The van der Waals surface area contributed by atoms with E-state index in [9.17, 15) is 27.0 Å². The molecule has 2 atom stereocenters. The number of nitrogens with one attached hydrogen (secondary N) is 2. The van der Waals surface area contributed by atoms with Gasteiger partial charge in [0, 0.05) is 31.7 Å². The first-order chi connectivity index (χ1) is 20.8. The third-order valence-corrected chi connectivity index (χ3v) is 11.8. The topological polar surface area (TPSA) is 154 Å². The molecule has 3 aromatic carbocycles. The summed E-state index contributed by atoms with van der Waals surface area (Å²) in [5.41, 5.74) is -1.42. The van der Waals surface area contributed by atoms with Crippen molar-refractivity contribution in [2.24, 2.45) is 0 Å². The second-order valence-electron chi connectivity index (χ2n) is 12.3. The third-order valence-electron chi connectivity index (χ3n) is 8.21. The summed E-state index contributed by atoms with van der Waals surface area (Å²) < 4.78 is 67.9. The lowest BCUT2D eigenvalue weighted by Crippen LogP contribution is -2.47. The van der Waals surface area contributed by atoms with Gasteiger partial charge in [-0.05, 0) is 68.1 Å². The van der Waals surface area contributed by atoms with Crippen LogP contribution in [0.3, 0.4) is 0 Å². The van der Waals surface area contributed by atoms with Crippen LogP contribution in [0.5, 0.6) is 5.75 Å². The molecule has 0 saturated carbocycles. The van der Waals surface area contributed by atoms with Crippen molar-refractivity contribution in [1.29, 1.82) is 0 Å². The van der Waals surface area contributed by atoms with Gasteiger partial charge in [0.1, 0.15) is 18.5 Å². The average molecular weight is 648 g/mol. The number of rotatable bonds is 12. The fraction of sp³-hybridized carbons (Fsp3) is 0.484. The van der Waals surface area contributed by atoms with Crippen molar-refractivity contribution in [2.75, 3.05) is 39.5 Å². The Kier molecular flexibility index (Phi) is 9.69. The Hall–Kier alpha value is -2.62. The minimum atomic E-state index is -3.88. The predicted molar refractivity (Wildman–Crippen MR) is 166 cm³/mol. The van der Waals surface area contributed by atoms with Crippen LogP contribution in [0, 0.1) is 0 Å². The third kappa shape index (κ3) is 7.60. The highest BCUT2D eigenvalue weighted by Gasteiger charge is 2.44. The first kappa shape index (κ1) is 32.8. The number of piperidine rings is 1. The summed E-state index contributed by atoms with van der Waals surface area (Å²) in [4.78, 5) is 0.291. The molecule has 11 nitrogen and oxygen atoms in total. The highest BCUT2D eigenvalue weighted by atomic mass is 32.2. The van der Waals surface area contributed by atoms with Crippen molar-refractivity contribution in [3.8, 4) is 5.75 Å². The molecule has 13 heteroatoms. The number of nitrogens with zero attached hydrogens (tertiary/aromatic N) is 1. The smallest absolute Gasteiger partial charge is 0.243 e. The summed E-state index contributed by atoms with van der Waals surface area (Å²) in [6, 6.07) is 18.9. The lowest BCUT2D eigenvalue weighted by atomic mass is 9.88. The zero-order valence-electron chi connectivity index (χ0n) is 25.0. The molecule has 0 radical (unpaired) electrons. The van der Waals surface area contributed by atoms with E-state index in [-0.39, 0.29) is 30.7 Å². The lowest BCUT2D eigenvalue weighted by Gasteiger charge is -2.38. The normalized spacial score (nSPS) is 20.2. The van der Waals surface area contributed by atoms with Gasteiger partial charge in [0.25, 0.3) is 0 Å². The number of hydrogen-bond donors (Lipinski definition) is 4. The van der Waals surface area contributed by atoms with E-state index < -0.39 is 37.3 Å². The van der Waals surface area contributed by atoms with Crippen LogP contribution < -0.4 is 14.8 Å². The number of aliphatic hydroxyl groups is 2. The summed E-state index contributed by atoms with van der Waals surface area (Å²) in [5.74, 6) is 0.294. The number of sulfonamides is 2. The molecule has 0 amide bonds. The van der Waals surface area contributed by atoms with E-state index in [4.69, 9.17) is 9.47 Å². The predicted octanol–water partition coefficient (Wildman–Crippen LogP) is 2.23. The first-order valence-electron chi connectivity index (χ1n) is 14.7. The Balaban J connectivity index is 1.08. The summed E-state index contributed by atoms with van der Waals surface area (Å²) >= 11 is 0. The molecule has 4 N–H and O–H groups in total. The molecule has 2 saturated heterocycles. The van der Waals surface area contributed by atoms with Crippen LogP contribution in [0.2, 0.25) is 0 Å². The summed E-state index contributed by atoms with van der Waals surface area (Å²) in [5, 5.41) is 25.1.